The van der Waals surface area contributed by atoms with E-state index in [1.807, 2.05) is 42.5 Å². The molecule has 3 aromatic heterocycles. The van der Waals surface area contributed by atoms with Crippen LogP contribution in [0, 0.1) is 20.8 Å². The number of methoxy groups -OCH3 is 1. The number of ketones is 1. The minimum atomic E-state index is -0.453. The summed E-state index contributed by atoms with van der Waals surface area (Å²) in [4.78, 5) is 28.3. The van der Waals surface area contributed by atoms with Gasteiger partial charge in [-0.3, -0.25) is 9.20 Å². The highest BCUT2D eigenvalue weighted by Crippen LogP contribution is 2.30. The summed E-state index contributed by atoms with van der Waals surface area (Å²) in [5.41, 5.74) is 4.92. The number of Topliss-reactive ketones (excluding diaryl/α,β-unsaturated/α-hetero) is 1. The summed E-state index contributed by atoms with van der Waals surface area (Å²) in [5.74, 6) is -0.560. The fourth-order valence-corrected chi connectivity index (χ4v) is 4.70. The number of aromatic nitrogens is 4. The molecule has 4 aromatic rings. The van der Waals surface area contributed by atoms with E-state index in [0.717, 1.165) is 22.1 Å². The molecule has 1 atom stereocenters. The highest BCUT2D eigenvalue weighted by molar-refractivity contribution is 8.00. The van der Waals surface area contributed by atoms with Gasteiger partial charge in [0.05, 0.1) is 29.1 Å². The molecule has 0 saturated heterocycles. The Bertz CT molecular complexity index is 1300. The van der Waals surface area contributed by atoms with Gasteiger partial charge in [0.25, 0.3) is 0 Å². The van der Waals surface area contributed by atoms with Crippen molar-refractivity contribution in [3.63, 3.8) is 0 Å². The van der Waals surface area contributed by atoms with Gasteiger partial charge in [-0.2, -0.15) is 0 Å². The Morgan fingerprint density at radius 2 is 1.90 bits per heavy atom. The Labute approximate surface area is 177 Å². The van der Waals surface area contributed by atoms with Crippen molar-refractivity contribution in [1.82, 2.24) is 19.6 Å². The lowest BCUT2D eigenvalue weighted by Gasteiger charge is -2.11. The zero-order chi connectivity index (χ0) is 21.6. The maximum absolute atomic E-state index is 13.2. The third-order valence-electron chi connectivity index (χ3n) is 5.30. The van der Waals surface area contributed by atoms with Gasteiger partial charge in [0.15, 0.2) is 16.6 Å². The van der Waals surface area contributed by atoms with Gasteiger partial charge < -0.3 is 9.72 Å². The number of thioether (sulfide) groups is 1. The van der Waals surface area contributed by atoms with E-state index in [9.17, 15) is 9.59 Å². The van der Waals surface area contributed by atoms with Crippen LogP contribution in [0.15, 0.2) is 35.5 Å². The van der Waals surface area contributed by atoms with Crippen LogP contribution in [0.3, 0.4) is 0 Å². The molecule has 0 unspecified atom stereocenters. The van der Waals surface area contributed by atoms with Crippen LogP contribution in [0.25, 0.3) is 16.6 Å². The number of aromatic amines is 1. The highest BCUT2D eigenvalue weighted by atomic mass is 32.2. The summed E-state index contributed by atoms with van der Waals surface area (Å²) in [5, 5.41) is 9.96. The summed E-state index contributed by atoms with van der Waals surface area (Å²) in [7, 11) is 1.33. The van der Waals surface area contributed by atoms with E-state index in [1.54, 1.807) is 13.8 Å². The minimum Gasteiger partial charge on any atom is -0.465 e. The Kier molecular flexibility index (Phi) is 5.11. The molecule has 1 N–H and O–H groups in total. The Morgan fingerprint density at radius 3 is 2.63 bits per heavy atom. The van der Waals surface area contributed by atoms with Gasteiger partial charge in [0, 0.05) is 11.1 Å². The summed E-state index contributed by atoms with van der Waals surface area (Å²) in [6.45, 7) is 7.39. The van der Waals surface area contributed by atoms with Crippen LogP contribution < -0.4 is 0 Å². The van der Waals surface area contributed by atoms with Crippen LogP contribution in [-0.4, -0.2) is 43.7 Å². The van der Waals surface area contributed by atoms with Crippen molar-refractivity contribution in [2.45, 2.75) is 38.1 Å². The summed E-state index contributed by atoms with van der Waals surface area (Å²) in [6, 6.07) is 10.1. The van der Waals surface area contributed by atoms with Crippen molar-refractivity contribution >= 4 is 40.1 Å². The standard InChI is InChI=1S/C22H22N4O3S/c1-11-10-17-24-25-22(26(17)16-9-7-6-8-15(11)16)30-14(4)20(27)19-12(2)18(13(3)23-19)21(28)29-5/h6-10,14,23H,1-5H3/t14-/m0/s1. The lowest BCUT2D eigenvalue weighted by Crippen LogP contribution is -2.16. The van der Waals surface area contributed by atoms with Gasteiger partial charge in [-0.25, -0.2) is 4.79 Å². The number of fused-ring (bicyclic) bond motifs is 3. The van der Waals surface area contributed by atoms with Crippen LogP contribution >= 0.6 is 11.8 Å². The van der Waals surface area contributed by atoms with E-state index < -0.39 is 11.2 Å². The number of nitrogens with zero attached hydrogens (tertiary/aromatic N) is 3. The fourth-order valence-electron chi connectivity index (χ4n) is 3.77. The van der Waals surface area contributed by atoms with Crippen molar-refractivity contribution in [3.8, 4) is 0 Å². The summed E-state index contributed by atoms with van der Waals surface area (Å²) >= 11 is 1.34. The topological polar surface area (TPSA) is 89.4 Å². The number of carbonyl (C=O) groups excluding carboxylic acids is 2. The zero-order valence-electron chi connectivity index (χ0n) is 17.4. The van der Waals surface area contributed by atoms with Crippen molar-refractivity contribution in [2.75, 3.05) is 7.11 Å². The van der Waals surface area contributed by atoms with E-state index in [2.05, 4.69) is 21.2 Å². The van der Waals surface area contributed by atoms with Crippen molar-refractivity contribution in [2.24, 2.45) is 0 Å². The number of nitrogens with one attached hydrogen (secondary N) is 1. The molecular formula is C22H22N4O3S. The molecule has 154 valence electrons. The number of rotatable bonds is 5. The smallest absolute Gasteiger partial charge is 0.339 e. The van der Waals surface area contributed by atoms with Crippen molar-refractivity contribution < 1.29 is 14.3 Å². The monoisotopic (exact) mass is 422 g/mol. The molecule has 0 aliphatic heterocycles. The predicted molar refractivity (Wildman–Crippen MR) is 116 cm³/mol. The van der Waals surface area contributed by atoms with E-state index >= 15 is 0 Å². The third-order valence-corrected chi connectivity index (χ3v) is 6.34. The Hall–Kier alpha value is -3.13. The average Bonchev–Trinajstić information content (AvgIpc) is 3.27. The summed E-state index contributed by atoms with van der Waals surface area (Å²) < 4.78 is 6.81. The van der Waals surface area contributed by atoms with Gasteiger partial charge in [-0.05, 0) is 51.0 Å². The number of pyridine rings is 1. The molecule has 0 spiro atoms. The minimum absolute atomic E-state index is 0.107. The molecule has 1 aromatic carbocycles. The fraction of sp³-hybridized carbons (Fsp3) is 0.273. The lowest BCUT2D eigenvalue weighted by molar-refractivity contribution is 0.0599. The Balaban J connectivity index is 1.71. The van der Waals surface area contributed by atoms with Gasteiger partial charge in [0.1, 0.15) is 0 Å². The highest BCUT2D eigenvalue weighted by Gasteiger charge is 2.27. The predicted octanol–water partition coefficient (Wildman–Crippen LogP) is 4.29. The largest absolute Gasteiger partial charge is 0.465 e. The third kappa shape index (κ3) is 3.17. The maximum atomic E-state index is 13.2. The quantitative estimate of drug-likeness (QED) is 0.293. The second-order valence-electron chi connectivity index (χ2n) is 7.26. The number of para-hydroxylation sites is 1. The summed E-state index contributed by atoms with van der Waals surface area (Å²) in [6.07, 6.45) is 0. The molecule has 0 saturated carbocycles. The van der Waals surface area contributed by atoms with Gasteiger partial charge in [0.2, 0.25) is 0 Å². The molecule has 0 aliphatic carbocycles. The molecule has 8 heteroatoms. The Morgan fingerprint density at radius 1 is 1.17 bits per heavy atom. The number of hydrogen-bond acceptors (Lipinski definition) is 6. The number of H-pyrrole nitrogens is 1. The molecule has 30 heavy (non-hydrogen) atoms. The SMILES string of the molecule is COC(=O)c1c(C)[nH]c(C(=O)[C@H](C)Sc2nnc3cc(C)c4ccccc4n23)c1C. The first-order valence-electron chi connectivity index (χ1n) is 9.55. The second-order valence-corrected chi connectivity index (χ2v) is 8.57. The molecule has 4 rings (SSSR count). The number of ether oxygens (including phenoxy) is 1. The first-order chi connectivity index (χ1) is 14.3. The first-order valence-corrected chi connectivity index (χ1v) is 10.4. The average molecular weight is 423 g/mol. The lowest BCUT2D eigenvalue weighted by atomic mass is 10.1. The molecule has 0 radical (unpaired) electrons. The number of benzene rings is 1. The number of aryl methyl sites for hydroxylation is 2. The molecular weight excluding hydrogens is 400 g/mol. The number of carbonyl (C=O) groups is 2. The van der Waals surface area contributed by atoms with Gasteiger partial charge >= 0.3 is 5.97 Å². The van der Waals surface area contributed by atoms with Crippen molar-refractivity contribution in [1.29, 1.82) is 0 Å². The molecule has 0 bridgehead atoms. The number of hydrogen-bond donors (Lipinski definition) is 1. The van der Waals surface area contributed by atoms with E-state index in [1.165, 1.54) is 18.9 Å². The molecule has 3 heterocycles. The van der Waals surface area contributed by atoms with E-state index in [4.69, 9.17) is 4.74 Å². The molecule has 0 amide bonds. The van der Waals surface area contributed by atoms with E-state index in [0.29, 0.717) is 27.7 Å². The molecule has 0 aliphatic rings. The first kappa shape index (κ1) is 20.2. The van der Waals surface area contributed by atoms with Crippen molar-refractivity contribution in [3.05, 3.63) is 58.4 Å². The van der Waals surface area contributed by atoms with Crippen LogP contribution in [0.5, 0.6) is 0 Å². The van der Waals surface area contributed by atoms with Crippen LogP contribution in [0.2, 0.25) is 0 Å². The number of esters is 1. The van der Waals surface area contributed by atoms with Crippen LogP contribution in [0.4, 0.5) is 0 Å². The van der Waals surface area contributed by atoms with Crippen LogP contribution in [-0.2, 0) is 4.74 Å². The van der Waals surface area contributed by atoms with Gasteiger partial charge in [-0.15, -0.1) is 10.2 Å². The maximum Gasteiger partial charge on any atom is 0.339 e. The molecule has 7 nitrogen and oxygen atoms in total. The zero-order valence-corrected chi connectivity index (χ0v) is 18.3. The second kappa shape index (κ2) is 7.60. The normalized spacial score (nSPS) is 12.4. The molecule has 0 fully saturated rings. The van der Waals surface area contributed by atoms with Crippen LogP contribution in [0.1, 0.15) is 44.6 Å². The van der Waals surface area contributed by atoms with E-state index in [-0.39, 0.29) is 5.78 Å². The van der Waals surface area contributed by atoms with Gasteiger partial charge in [-0.1, -0.05) is 30.0 Å².